The average Bonchev–Trinajstić information content (AvgIpc) is 3.25. The number of benzene rings is 3. The maximum atomic E-state index is 13.2. The fourth-order valence-electron chi connectivity index (χ4n) is 6.57. The number of unbranched alkanes of at least 4 members (excludes halogenated alkanes) is 3. The van der Waals surface area contributed by atoms with E-state index in [2.05, 4.69) is 50.8 Å². The highest BCUT2D eigenvalue weighted by Crippen LogP contribution is 2.22. The second-order valence-corrected chi connectivity index (χ2v) is 17.9. The largest absolute Gasteiger partial charge is 0.467 e. The summed E-state index contributed by atoms with van der Waals surface area (Å²) in [7, 11) is 1.28. The molecule has 2 atom stereocenters. The summed E-state index contributed by atoms with van der Waals surface area (Å²) in [6.45, 7) is 12.0. The van der Waals surface area contributed by atoms with Crippen LogP contribution in [0.1, 0.15) is 116 Å². The number of esters is 1. The molecule has 3 aromatic carbocycles. The van der Waals surface area contributed by atoms with Crippen molar-refractivity contribution < 1.29 is 47.7 Å². The van der Waals surface area contributed by atoms with Crippen molar-refractivity contribution >= 4 is 36.1 Å². The fourth-order valence-corrected chi connectivity index (χ4v) is 6.57. The number of nitrogens with one attached hydrogen (secondary N) is 5. The molecule has 0 fully saturated rings. The number of hydrogen-bond acceptors (Lipinski definition) is 10. The minimum atomic E-state index is -0.862. The molecule has 15 heteroatoms. The zero-order valence-corrected chi connectivity index (χ0v) is 39.3. The van der Waals surface area contributed by atoms with Crippen LogP contribution in [0.3, 0.4) is 0 Å². The van der Waals surface area contributed by atoms with Gasteiger partial charge in [-0.05, 0) is 134 Å². The molecule has 15 nitrogen and oxygen atoms in total. The third kappa shape index (κ3) is 23.4. The Labute approximate surface area is 384 Å². The molecule has 0 unspecified atom stereocenters. The molecule has 0 radical (unpaired) electrons. The first-order valence-electron chi connectivity index (χ1n) is 22.6. The van der Waals surface area contributed by atoms with Gasteiger partial charge < -0.3 is 45.5 Å². The summed E-state index contributed by atoms with van der Waals surface area (Å²) in [4.78, 5) is 75.1. The van der Waals surface area contributed by atoms with Gasteiger partial charge >= 0.3 is 24.2 Å². The summed E-state index contributed by atoms with van der Waals surface area (Å²) < 4.78 is 20.8. The Morgan fingerprint density at radius 2 is 1.03 bits per heavy atom. The minimum Gasteiger partial charge on any atom is -0.467 e. The van der Waals surface area contributed by atoms with Gasteiger partial charge in [0.25, 0.3) is 0 Å². The van der Waals surface area contributed by atoms with Gasteiger partial charge in [-0.15, -0.1) is 0 Å². The summed E-state index contributed by atoms with van der Waals surface area (Å²) in [6, 6.07) is 24.4. The zero-order chi connectivity index (χ0) is 47.7. The normalized spacial score (nSPS) is 12.2. The Kier molecular flexibility index (Phi) is 22.9. The standard InChI is InChI=1S/C50H71N5O10/c1-49(2,3)64-47(60)53-34-16-12-20-41(55-48(61)65-50(4,5)6)44(57)51-32-15-13-21-42(45(58)62-7)54-43(56)31-26-37-24-29-40(30-25-37)39-27-22-36(23-28-39)17-11-14-33-52-46(59)63-35-38-18-9-8-10-19-38/h8-10,18-19,22-25,27-30,41-42H,11-17,20-21,26,31-35H2,1-7H3,(H,51,57)(H,52,59)(H,53,60)(H,54,56)(H,55,61)/t41-,42-/m0/s1. The van der Waals surface area contributed by atoms with E-state index >= 15 is 0 Å². The number of aryl methyl sites for hydroxylation is 2. The lowest BCUT2D eigenvalue weighted by Crippen LogP contribution is -2.48. The molecule has 0 aliphatic carbocycles. The monoisotopic (exact) mass is 902 g/mol. The number of carbonyl (C=O) groups is 6. The van der Waals surface area contributed by atoms with Gasteiger partial charge in [0.2, 0.25) is 11.8 Å². The summed E-state index contributed by atoms with van der Waals surface area (Å²) in [5, 5.41) is 13.8. The first kappa shape index (κ1) is 53.2. The molecule has 0 spiro atoms. The summed E-state index contributed by atoms with van der Waals surface area (Å²) in [5.41, 5.74) is 3.93. The smallest absolute Gasteiger partial charge is 0.408 e. The van der Waals surface area contributed by atoms with E-state index in [1.165, 1.54) is 12.7 Å². The van der Waals surface area contributed by atoms with Crippen molar-refractivity contribution in [2.24, 2.45) is 0 Å². The fraction of sp³-hybridized carbons (Fsp3) is 0.520. The number of carbonyl (C=O) groups excluding carboxylic acids is 6. The van der Waals surface area contributed by atoms with Gasteiger partial charge in [-0.25, -0.2) is 19.2 Å². The molecule has 65 heavy (non-hydrogen) atoms. The van der Waals surface area contributed by atoms with Crippen molar-refractivity contribution in [1.29, 1.82) is 0 Å². The highest BCUT2D eigenvalue weighted by Gasteiger charge is 2.25. The summed E-state index contributed by atoms with van der Waals surface area (Å²) in [5.74, 6) is -1.20. The number of amides is 5. The van der Waals surface area contributed by atoms with Crippen molar-refractivity contribution in [1.82, 2.24) is 26.6 Å². The molecule has 0 aliphatic rings. The Hall–Kier alpha value is -6.12. The molecule has 0 bridgehead atoms. The SMILES string of the molecule is COC(=O)[C@H](CCCCNC(=O)[C@H](CCCCNC(=O)OC(C)(C)C)NC(=O)OC(C)(C)C)NC(=O)CCc1ccc(-c2ccc(CCCCNC(=O)OCc3ccccc3)cc2)cc1. The molecule has 3 rings (SSSR count). The van der Waals surface area contributed by atoms with Gasteiger partial charge in [-0.2, -0.15) is 0 Å². The van der Waals surface area contributed by atoms with Crippen molar-refractivity contribution in [3.63, 3.8) is 0 Å². The number of hydrogen-bond donors (Lipinski definition) is 5. The lowest BCUT2D eigenvalue weighted by molar-refractivity contribution is -0.145. The number of methoxy groups -OCH3 is 1. The lowest BCUT2D eigenvalue weighted by atomic mass is 9.99. The third-order valence-corrected chi connectivity index (χ3v) is 9.89. The Morgan fingerprint density at radius 1 is 0.523 bits per heavy atom. The van der Waals surface area contributed by atoms with Crippen LogP contribution >= 0.6 is 0 Å². The Bertz CT molecular complexity index is 1930. The van der Waals surface area contributed by atoms with Gasteiger partial charge in [0, 0.05) is 26.1 Å². The molecular weight excluding hydrogens is 831 g/mol. The van der Waals surface area contributed by atoms with Gasteiger partial charge in [0.05, 0.1) is 7.11 Å². The van der Waals surface area contributed by atoms with Crippen LogP contribution in [0.4, 0.5) is 14.4 Å². The van der Waals surface area contributed by atoms with E-state index in [0.717, 1.165) is 41.5 Å². The molecule has 0 heterocycles. The predicted molar refractivity (Wildman–Crippen MR) is 250 cm³/mol. The topological polar surface area (TPSA) is 199 Å². The van der Waals surface area contributed by atoms with Crippen molar-refractivity contribution in [2.75, 3.05) is 26.7 Å². The van der Waals surface area contributed by atoms with Crippen LogP contribution in [0.5, 0.6) is 0 Å². The minimum absolute atomic E-state index is 0.186. The van der Waals surface area contributed by atoms with E-state index in [1.54, 1.807) is 41.5 Å². The highest BCUT2D eigenvalue weighted by molar-refractivity contribution is 5.86. The highest BCUT2D eigenvalue weighted by atomic mass is 16.6. The molecule has 0 saturated carbocycles. The average molecular weight is 902 g/mol. The summed E-state index contributed by atoms with van der Waals surface area (Å²) >= 11 is 0. The van der Waals surface area contributed by atoms with Crippen LogP contribution in [0.2, 0.25) is 0 Å². The van der Waals surface area contributed by atoms with E-state index in [9.17, 15) is 28.8 Å². The second-order valence-electron chi connectivity index (χ2n) is 17.9. The van der Waals surface area contributed by atoms with Crippen LogP contribution in [-0.2, 0) is 52.8 Å². The molecule has 0 aliphatic heterocycles. The van der Waals surface area contributed by atoms with Crippen LogP contribution in [0.25, 0.3) is 11.1 Å². The molecule has 3 aromatic rings. The lowest BCUT2D eigenvalue weighted by Gasteiger charge is -2.23. The first-order chi connectivity index (χ1) is 30.9. The van der Waals surface area contributed by atoms with Crippen molar-refractivity contribution in [3.8, 4) is 11.1 Å². The van der Waals surface area contributed by atoms with Crippen LogP contribution in [0, 0.1) is 0 Å². The molecule has 356 valence electrons. The van der Waals surface area contributed by atoms with E-state index in [-0.39, 0.29) is 31.4 Å². The van der Waals surface area contributed by atoms with Gasteiger partial charge in [-0.3, -0.25) is 9.59 Å². The predicted octanol–water partition coefficient (Wildman–Crippen LogP) is 8.07. The third-order valence-electron chi connectivity index (χ3n) is 9.89. The van der Waals surface area contributed by atoms with E-state index in [0.29, 0.717) is 58.0 Å². The van der Waals surface area contributed by atoms with E-state index in [1.807, 2.05) is 54.6 Å². The van der Waals surface area contributed by atoms with E-state index < -0.39 is 47.5 Å². The molecule has 0 saturated heterocycles. The van der Waals surface area contributed by atoms with Crippen molar-refractivity contribution in [3.05, 3.63) is 95.6 Å². The van der Waals surface area contributed by atoms with Gasteiger partial charge in [0.15, 0.2) is 0 Å². The molecule has 5 amide bonds. The maximum Gasteiger partial charge on any atom is 0.408 e. The number of rotatable bonds is 25. The zero-order valence-electron chi connectivity index (χ0n) is 39.3. The molecular formula is C50H71N5O10. The number of ether oxygens (including phenoxy) is 4. The quantitative estimate of drug-likeness (QED) is 0.0315. The van der Waals surface area contributed by atoms with Gasteiger partial charge in [-0.1, -0.05) is 78.9 Å². The second kappa shape index (κ2) is 27.9. The van der Waals surface area contributed by atoms with Crippen LogP contribution in [-0.4, -0.2) is 86.1 Å². The number of alkyl carbamates (subject to hydrolysis) is 3. The van der Waals surface area contributed by atoms with Crippen molar-refractivity contribution in [2.45, 2.75) is 142 Å². The van der Waals surface area contributed by atoms with Crippen LogP contribution in [0.15, 0.2) is 78.9 Å². The molecule has 5 N–H and O–H groups in total. The first-order valence-corrected chi connectivity index (χ1v) is 22.6. The van der Waals surface area contributed by atoms with Crippen LogP contribution < -0.4 is 26.6 Å². The maximum absolute atomic E-state index is 13.2. The summed E-state index contributed by atoms with van der Waals surface area (Å²) in [6.07, 6.45) is 4.44. The Balaban J connectivity index is 1.36. The Morgan fingerprint density at radius 3 is 1.60 bits per heavy atom. The molecule has 0 aromatic heterocycles. The van der Waals surface area contributed by atoms with Gasteiger partial charge in [0.1, 0.15) is 29.9 Å². The van der Waals surface area contributed by atoms with E-state index in [4.69, 9.17) is 18.9 Å².